The molecule has 0 aromatic carbocycles. The van der Waals surface area contributed by atoms with Crippen LogP contribution in [0.25, 0.3) is 9.88 Å². The number of aliphatic carboxylic acids is 1. The Kier molecular flexibility index (Phi) is 3.86. The SMILES string of the molecule is O=C(O)CSc1nnc(-c2cc3c(s2)CCCC3)s1. The van der Waals surface area contributed by atoms with Gasteiger partial charge in [0.25, 0.3) is 0 Å². The molecule has 2 aromatic heterocycles. The number of carboxylic acid groups (broad SMARTS) is 1. The molecule has 1 aliphatic rings. The maximum absolute atomic E-state index is 10.5. The second-order valence-electron chi connectivity index (χ2n) is 4.32. The molecule has 0 spiro atoms. The molecule has 0 radical (unpaired) electrons. The average molecular weight is 312 g/mol. The molecule has 0 fully saturated rings. The van der Waals surface area contributed by atoms with Crippen molar-refractivity contribution in [3.63, 3.8) is 0 Å². The molecular formula is C12H12N2O2S3. The van der Waals surface area contributed by atoms with E-state index in [2.05, 4.69) is 16.3 Å². The fourth-order valence-electron chi connectivity index (χ4n) is 2.09. The van der Waals surface area contributed by atoms with Gasteiger partial charge in [-0.25, -0.2) is 0 Å². The van der Waals surface area contributed by atoms with Crippen molar-refractivity contribution >= 4 is 40.4 Å². The minimum absolute atomic E-state index is 0.0373. The van der Waals surface area contributed by atoms with Gasteiger partial charge in [0.05, 0.1) is 10.6 Å². The van der Waals surface area contributed by atoms with Crippen LogP contribution in [0.5, 0.6) is 0 Å². The predicted molar refractivity (Wildman–Crippen MR) is 78.2 cm³/mol. The van der Waals surface area contributed by atoms with Gasteiger partial charge < -0.3 is 5.11 Å². The predicted octanol–water partition coefficient (Wildman–Crippen LogP) is 3.32. The number of carbonyl (C=O) groups is 1. The lowest BCUT2D eigenvalue weighted by atomic mass is 9.99. The van der Waals surface area contributed by atoms with Gasteiger partial charge in [0.1, 0.15) is 0 Å². The van der Waals surface area contributed by atoms with E-state index in [1.807, 2.05) is 11.3 Å². The first kappa shape index (κ1) is 13.1. The van der Waals surface area contributed by atoms with E-state index in [0.29, 0.717) is 0 Å². The summed E-state index contributed by atoms with van der Waals surface area (Å²) in [5, 5.41) is 17.8. The van der Waals surface area contributed by atoms with Crippen LogP contribution >= 0.6 is 34.4 Å². The Morgan fingerprint density at radius 2 is 2.16 bits per heavy atom. The van der Waals surface area contributed by atoms with Crippen LogP contribution in [-0.4, -0.2) is 27.0 Å². The molecule has 0 unspecified atom stereocenters. The number of thiophene rings is 1. The summed E-state index contributed by atoms with van der Waals surface area (Å²) in [6.07, 6.45) is 4.91. The smallest absolute Gasteiger partial charge is 0.313 e. The molecule has 19 heavy (non-hydrogen) atoms. The molecule has 7 heteroatoms. The van der Waals surface area contributed by atoms with Gasteiger partial charge in [0.15, 0.2) is 9.35 Å². The average Bonchev–Trinajstić information content (AvgIpc) is 3.02. The number of carboxylic acids is 1. The van der Waals surface area contributed by atoms with E-state index < -0.39 is 5.97 Å². The lowest BCUT2D eigenvalue weighted by molar-refractivity contribution is -0.133. The van der Waals surface area contributed by atoms with E-state index in [0.717, 1.165) is 9.35 Å². The number of fused-ring (bicyclic) bond motifs is 1. The van der Waals surface area contributed by atoms with Crippen molar-refractivity contribution in [1.82, 2.24) is 10.2 Å². The molecule has 0 saturated heterocycles. The fraction of sp³-hybridized carbons (Fsp3) is 0.417. The Bertz CT molecular complexity index is 582. The number of thioether (sulfide) groups is 1. The lowest BCUT2D eigenvalue weighted by Crippen LogP contribution is -1.96. The van der Waals surface area contributed by atoms with Crippen LogP contribution in [0.1, 0.15) is 23.3 Å². The molecular weight excluding hydrogens is 300 g/mol. The van der Waals surface area contributed by atoms with E-state index in [4.69, 9.17) is 5.11 Å². The fourth-order valence-corrected chi connectivity index (χ4v) is 4.95. The number of rotatable bonds is 4. The van der Waals surface area contributed by atoms with E-state index in [1.165, 1.54) is 64.1 Å². The first-order valence-corrected chi connectivity index (χ1v) is 8.64. The zero-order valence-corrected chi connectivity index (χ0v) is 12.5. The summed E-state index contributed by atoms with van der Waals surface area (Å²) in [5.74, 6) is -0.788. The first-order valence-electron chi connectivity index (χ1n) is 6.02. The number of hydrogen-bond acceptors (Lipinski definition) is 6. The van der Waals surface area contributed by atoms with Crippen molar-refractivity contribution < 1.29 is 9.90 Å². The normalized spacial score (nSPS) is 14.3. The van der Waals surface area contributed by atoms with Gasteiger partial charge in [-0.15, -0.1) is 21.5 Å². The number of aromatic nitrogens is 2. The maximum Gasteiger partial charge on any atom is 0.313 e. The molecule has 2 heterocycles. The van der Waals surface area contributed by atoms with Crippen molar-refractivity contribution in [3.8, 4) is 9.88 Å². The zero-order chi connectivity index (χ0) is 13.2. The monoisotopic (exact) mass is 312 g/mol. The Hall–Kier alpha value is -0.920. The number of aryl methyl sites for hydroxylation is 2. The third kappa shape index (κ3) is 2.98. The minimum atomic E-state index is -0.826. The van der Waals surface area contributed by atoms with Crippen molar-refractivity contribution in [1.29, 1.82) is 0 Å². The van der Waals surface area contributed by atoms with Crippen LogP contribution in [0.4, 0.5) is 0 Å². The van der Waals surface area contributed by atoms with Gasteiger partial charge in [-0.3, -0.25) is 4.79 Å². The topological polar surface area (TPSA) is 63.1 Å². The molecule has 1 N–H and O–H groups in total. The van der Waals surface area contributed by atoms with Crippen molar-refractivity contribution in [3.05, 3.63) is 16.5 Å². The highest BCUT2D eigenvalue weighted by molar-refractivity contribution is 8.01. The van der Waals surface area contributed by atoms with Gasteiger partial charge in [-0.1, -0.05) is 23.1 Å². The summed E-state index contributed by atoms with van der Waals surface area (Å²) in [6, 6.07) is 2.23. The van der Waals surface area contributed by atoms with Gasteiger partial charge in [0, 0.05) is 4.88 Å². The summed E-state index contributed by atoms with van der Waals surface area (Å²) in [7, 11) is 0. The van der Waals surface area contributed by atoms with Crippen LogP contribution < -0.4 is 0 Å². The molecule has 2 aromatic rings. The lowest BCUT2D eigenvalue weighted by Gasteiger charge is -2.08. The number of hydrogen-bond donors (Lipinski definition) is 1. The molecule has 0 aliphatic heterocycles. The molecule has 0 amide bonds. The third-order valence-electron chi connectivity index (χ3n) is 2.93. The summed E-state index contributed by atoms with van der Waals surface area (Å²) in [4.78, 5) is 13.2. The molecule has 100 valence electrons. The molecule has 0 bridgehead atoms. The van der Waals surface area contributed by atoms with E-state index >= 15 is 0 Å². The molecule has 3 rings (SSSR count). The van der Waals surface area contributed by atoms with Crippen molar-refractivity contribution in [2.75, 3.05) is 5.75 Å². The Balaban J connectivity index is 1.78. The van der Waals surface area contributed by atoms with Gasteiger partial charge >= 0.3 is 5.97 Å². The van der Waals surface area contributed by atoms with E-state index in [1.54, 1.807) is 0 Å². The zero-order valence-electron chi connectivity index (χ0n) is 10.1. The minimum Gasteiger partial charge on any atom is -0.481 e. The standard InChI is InChI=1S/C12H12N2O2S3/c15-10(16)6-17-12-14-13-11(19-12)9-5-7-3-1-2-4-8(7)18-9/h5H,1-4,6H2,(H,15,16). The summed E-state index contributed by atoms with van der Waals surface area (Å²) in [5.41, 5.74) is 1.46. The highest BCUT2D eigenvalue weighted by Crippen LogP contribution is 2.38. The van der Waals surface area contributed by atoms with Crippen molar-refractivity contribution in [2.45, 2.75) is 30.0 Å². The second-order valence-corrected chi connectivity index (χ2v) is 7.66. The highest BCUT2D eigenvalue weighted by Gasteiger charge is 2.17. The van der Waals surface area contributed by atoms with Gasteiger partial charge in [-0.05, 0) is 37.3 Å². The Morgan fingerprint density at radius 1 is 1.32 bits per heavy atom. The highest BCUT2D eigenvalue weighted by atomic mass is 32.2. The van der Waals surface area contributed by atoms with Crippen LogP contribution in [0, 0.1) is 0 Å². The van der Waals surface area contributed by atoms with Gasteiger partial charge in [-0.2, -0.15) is 0 Å². The van der Waals surface area contributed by atoms with Crippen molar-refractivity contribution in [2.24, 2.45) is 0 Å². The summed E-state index contributed by atoms with van der Waals surface area (Å²) >= 11 is 4.52. The van der Waals surface area contributed by atoms with Crippen LogP contribution in [-0.2, 0) is 17.6 Å². The molecule has 0 atom stereocenters. The number of nitrogens with zero attached hydrogens (tertiary/aromatic N) is 2. The van der Waals surface area contributed by atoms with Crippen LogP contribution in [0.3, 0.4) is 0 Å². The largest absolute Gasteiger partial charge is 0.481 e. The summed E-state index contributed by atoms with van der Waals surface area (Å²) < 4.78 is 0.726. The first-order chi connectivity index (χ1) is 9.22. The van der Waals surface area contributed by atoms with E-state index in [9.17, 15) is 4.79 Å². The van der Waals surface area contributed by atoms with Gasteiger partial charge in [0.2, 0.25) is 0 Å². The van der Waals surface area contributed by atoms with Crippen LogP contribution in [0.2, 0.25) is 0 Å². The second kappa shape index (κ2) is 5.60. The molecule has 1 aliphatic carbocycles. The van der Waals surface area contributed by atoms with Crippen LogP contribution in [0.15, 0.2) is 10.4 Å². The van der Waals surface area contributed by atoms with E-state index in [-0.39, 0.29) is 5.75 Å². The summed E-state index contributed by atoms with van der Waals surface area (Å²) in [6.45, 7) is 0. The molecule has 4 nitrogen and oxygen atoms in total. The third-order valence-corrected chi connectivity index (χ3v) is 6.38. The Labute approximate surface area is 122 Å². The maximum atomic E-state index is 10.5. The molecule has 0 saturated carbocycles. The Morgan fingerprint density at radius 3 is 2.95 bits per heavy atom. The quantitative estimate of drug-likeness (QED) is 0.877.